The van der Waals surface area contributed by atoms with Crippen molar-refractivity contribution in [3.05, 3.63) is 65.2 Å². The van der Waals surface area contributed by atoms with E-state index in [0.717, 1.165) is 50.0 Å². The van der Waals surface area contributed by atoms with Crippen molar-refractivity contribution in [3.63, 3.8) is 0 Å². The molecule has 0 radical (unpaired) electrons. The molecule has 0 spiro atoms. The Morgan fingerprint density at radius 3 is 2.61 bits per heavy atom. The van der Waals surface area contributed by atoms with Crippen LogP contribution in [0.1, 0.15) is 69.1 Å². The number of carbonyl (C=O) groups excluding carboxylic acids is 1. The zero-order chi connectivity index (χ0) is 24.5. The van der Waals surface area contributed by atoms with Gasteiger partial charge < -0.3 is 10.2 Å². The SMILES string of the molecule is C=C(/C=C\C=C(/C)C(=N)N1CCCC1=N)NC(=O)c1cc2c(cn1)CCN(C(C)C)C2.CC. The molecule has 3 N–H and O–H groups in total. The van der Waals surface area contributed by atoms with E-state index in [1.807, 2.05) is 33.0 Å². The van der Waals surface area contributed by atoms with Crippen LogP contribution >= 0.6 is 0 Å². The fraction of sp³-hybridized carbons (Fsp3) is 0.462. The minimum atomic E-state index is -0.280. The number of amidine groups is 2. The number of nitrogens with one attached hydrogen (secondary N) is 3. The summed E-state index contributed by atoms with van der Waals surface area (Å²) in [5, 5.41) is 18.9. The standard InChI is InChI=1S/C24H32N6O.C2H6/c1-16(2)29-12-10-19-14-27-21(13-20(19)15-29)24(31)28-18(4)8-5-7-17(3)23(26)30-11-6-9-22(30)25;1-2/h5,7-8,13-14,16,25-26H,4,6,9-12,15H2,1-3H3,(H,28,31);1-2H3/b8-5-,17-7+,25-22?,26-23?;. The van der Waals surface area contributed by atoms with Crippen LogP contribution in [0.2, 0.25) is 0 Å². The van der Waals surface area contributed by atoms with E-state index in [0.29, 0.717) is 29.1 Å². The zero-order valence-electron chi connectivity index (χ0n) is 20.7. The van der Waals surface area contributed by atoms with Crippen molar-refractivity contribution in [1.29, 1.82) is 10.8 Å². The third-order valence-electron chi connectivity index (χ3n) is 5.77. The van der Waals surface area contributed by atoms with E-state index in [1.54, 1.807) is 23.1 Å². The first-order chi connectivity index (χ1) is 15.8. The Kier molecular flexibility index (Phi) is 9.73. The lowest BCUT2D eigenvalue weighted by Gasteiger charge is -2.31. The van der Waals surface area contributed by atoms with Gasteiger partial charge in [-0.1, -0.05) is 32.6 Å². The average molecular weight is 451 g/mol. The highest BCUT2D eigenvalue weighted by Gasteiger charge is 2.22. The first-order valence-corrected chi connectivity index (χ1v) is 11.8. The molecule has 3 rings (SSSR count). The lowest BCUT2D eigenvalue weighted by molar-refractivity contribution is 0.0962. The maximum Gasteiger partial charge on any atom is 0.274 e. The second-order valence-corrected chi connectivity index (χ2v) is 8.39. The van der Waals surface area contributed by atoms with Crippen LogP contribution in [0.3, 0.4) is 0 Å². The number of likely N-dealkylation sites (tertiary alicyclic amines) is 1. The summed E-state index contributed by atoms with van der Waals surface area (Å²) in [6, 6.07) is 2.35. The van der Waals surface area contributed by atoms with Gasteiger partial charge in [-0.15, -0.1) is 0 Å². The summed E-state index contributed by atoms with van der Waals surface area (Å²) >= 11 is 0. The van der Waals surface area contributed by atoms with E-state index in [2.05, 4.69) is 35.6 Å². The van der Waals surface area contributed by atoms with Crippen LogP contribution in [0.4, 0.5) is 0 Å². The summed E-state index contributed by atoms with van der Waals surface area (Å²) < 4.78 is 0. The van der Waals surface area contributed by atoms with Crippen LogP contribution in [0, 0.1) is 10.8 Å². The highest BCUT2D eigenvalue weighted by molar-refractivity contribution is 6.07. The average Bonchev–Trinajstić information content (AvgIpc) is 3.24. The van der Waals surface area contributed by atoms with Gasteiger partial charge >= 0.3 is 0 Å². The fourth-order valence-electron chi connectivity index (χ4n) is 3.80. The minimum absolute atomic E-state index is 0.280. The van der Waals surface area contributed by atoms with Gasteiger partial charge in [0.25, 0.3) is 5.91 Å². The quantitative estimate of drug-likeness (QED) is 0.333. The number of hydrogen-bond donors (Lipinski definition) is 3. The van der Waals surface area contributed by atoms with Crippen molar-refractivity contribution in [2.24, 2.45) is 0 Å². The number of pyridine rings is 1. The van der Waals surface area contributed by atoms with Crippen molar-refractivity contribution < 1.29 is 4.79 Å². The van der Waals surface area contributed by atoms with E-state index in [4.69, 9.17) is 10.8 Å². The number of carbonyl (C=O) groups is 1. The van der Waals surface area contributed by atoms with Gasteiger partial charge in [0.15, 0.2) is 0 Å². The van der Waals surface area contributed by atoms with Gasteiger partial charge in [0, 0.05) is 44.0 Å². The topological polar surface area (TPSA) is 96.2 Å². The first-order valence-electron chi connectivity index (χ1n) is 11.8. The van der Waals surface area contributed by atoms with Crippen LogP contribution in [-0.2, 0) is 13.0 Å². The molecule has 1 amide bonds. The summed E-state index contributed by atoms with van der Waals surface area (Å²) in [4.78, 5) is 21.1. The summed E-state index contributed by atoms with van der Waals surface area (Å²) in [6.07, 6.45) is 9.66. The molecule has 3 heterocycles. The molecular weight excluding hydrogens is 412 g/mol. The minimum Gasteiger partial charge on any atom is -0.321 e. The van der Waals surface area contributed by atoms with Crippen LogP contribution < -0.4 is 5.32 Å². The second kappa shape index (κ2) is 12.3. The Bertz CT molecular complexity index is 960. The van der Waals surface area contributed by atoms with Crippen molar-refractivity contribution in [2.75, 3.05) is 13.1 Å². The van der Waals surface area contributed by atoms with Gasteiger partial charge in [-0.05, 0) is 62.5 Å². The predicted octanol–water partition coefficient (Wildman–Crippen LogP) is 4.67. The number of nitrogens with zero attached hydrogens (tertiary/aromatic N) is 3. The molecule has 1 saturated heterocycles. The van der Waals surface area contributed by atoms with Crippen LogP contribution in [0.15, 0.2) is 48.3 Å². The molecule has 0 aromatic carbocycles. The van der Waals surface area contributed by atoms with Crippen LogP contribution in [0.5, 0.6) is 0 Å². The molecule has 0 bridgehead atoms. The number of rotatable bonds is 6. The van der Waals surface area contributed by atoms with E-state index in [9.17, 15) is 4.79 Å². The lowest BCUT2D eigenvalue weighted by Crippen LogP contribution is -2.36. The zero-order valence-corrected chi connectivity index (χ0v) is 20.7. The molecule has 33 heavy (non-hydrogen) atoms. The second-order valence-electron chi connectivity index (χ2n) is 8.39. The van der Waals surface area contributed by atoms with E-state index >= 15 is 0 Å². The molecule has 1 fully saturated rings. The molecule has 0 unspecified atom stereocenters. The maximum atomic E-state index is 12.6. The van der Waals surface area contributed by atoms with Crippen molar-refractivity contribution in [3.8, 4) is 0 Å². The number of amides is 1. The van der Waals surface area contributed by atoms with E-state index < -0.39 is 0 Å². The summed E-state index contributed by atoms with van der Waals surface area (Å²) in [7, 11) is 0. The summed E-state index contributed by atoms with van der Waals surface area (Å²) in [5.74, 6) is 0.557. The Labute approximate surface area is 198 Å². The van der Waals surface area contributed by atoms with Crippen LogP contribution in [-0.4, -0.2) is 51.5 Å². The maximum absolute atomic E-state index is 12.6. The first kappa shape index (κ1) is 26.2. The normalized spacial score (nSPS) is 16.5. The fourth-order valence-corrected chi connectivity index (χ4v) is 3.80. The molecule has 1 aromatic heterocycles. The third kappa shape index (κ3) is 6.96. The van der Waals surface area contributed by atoms with Gasteiger partial charge in [-0.2, -0.15) is 0 Å². The molecule has 0 saturated carbocycles. The molecule has 0 aliphatic carbocycles. The molecule has 7 heteroatoms. The van der Waals surface area contributed by atoms with Crippen LogP contribution in [0.25, 0.3) is 0 Å². The van der Waals surface area contributed by atoms with Gasteiger partial charge in [0.05, 0.1) is 0 Å². The van der Waals surface area contributed by atoms with Crippen molar-refractivity contribution >= 4 is 17.6 Å². The van der Waals surface area contributed by atoms with E-state index in [-0.39, 0.29) is 5.91 Å². The molecule has 2 aliphatic heterocycles. The van der Waals surface area contributed by atoms with Gasteiger partial charge in [-0.3, -0.25) is 25.5 Å². The highest BCUT2D eigenvalue weighted by atomic mass is 16.1. The van der Waals surface area contributed by atoms with E-state index in [1.165, 1.54) is 5.56 Å². The number of aromatic nitrogens is 1. The molecule has 1 aromatic rings. The van der Waals surface area contributed by atoms with Gasteiger partial charge in [0.1, 0.15) is 17.4 Å². The largest absolute Gasteiger partial charge is 0.321 e. The van der Waals surface area contributed by atoms with Crippen molar-refractivity contribution in [2.45, 2.75) is 66.5 Å². The van der Waals surface area contributed by atoms with Gasteiger partial charge in [-0.25, -0.2) is 0 Å². The molecule has 178 valence electrons. The van der Waals surface area contributed by atoms with Gasteiger partial charge in [0.2, 0.25) is 0 Å². The summed E-state index contributed by atoms with van der Waals surface area (Å²) in [5.41, 5.74) is 3.97. The highest BCUT2D eigenvalue weighted by Crippen LogP contribution is 2.20. The Hall–Kier alpha value is -3.06. The summed E-state index contributed by atoms with van der Waals surface area (Å²) in [6.45, 7) is 16.7. The molecule has 2 aliphatic rings. The number of allylic oxidation sites excluding steroid dienone is 3. The smallest absolute Gasteiger partial charge is 0.274 e. The molecule has 7 nitrogen and oxygen atoms in total. The number of fused-ring (bicyclic) bond motifs is 1. The monoisotopic (exact) mass is 450 g/mol. The third-order valence-corrected chi connectivity index (χ3v) is 5.77. The van der Waals surface area contributed by atoms with Crippen molar-refractivity contribution in [1.82, 2.24) is 20.1 Å². The Morgan fingerprint density at radius 2 is 1.97 bits per heavy atom. The Balaban J connectivity index is 0.00000187. The number of hydrogen-bond acceptors (Lipinski definition) is 5. The Morgan fingerprint density at radius 1 is 1.24 bits per heavy atom. The predicted molar refractivity (Wildman–Crippen MR) is 136 cm³/mol. The lowest BCUT2D eigenvalue weighted by atomic mass is 10.00. The molecule has 0 atom stereocenters. The molecular formula is C26H38N6O.